The van der Waals surface area contributed by atoms with Gasteiger partial charge in [-0.3, -0.25) is 10.1 Å². The SMILES string of the molecule is NS(=O)(=O)c1ncc(O)c([N+](=O)[O-])c1C(F)F. The molecule has 8 nitrogen and oxygen atoms in total. The Balaban J connectivity index is 3.78. The minimum absolute atomic E-state index is 0.365. The number of nitrogens with zero attached hydrogens (tertiary/aromatic N) is 2. The summed E-state index contributed by atoms with van der Waals surface area (Å²) in [5, 5.41) is 22.8. The molecule has 0 saturated carbocycles. The van der Waals surface area contributed by atoms with Gasteiger partial charge in [0.2, 0.25) is 5.75 Å². The number of alkyl halides is 2. The number of sulfonamides is 1. The molecule has 1 aromatic heterocycles. The molecule has 1 aromatic rings. The first kappa shape index (κ1) is 13.2. The van der Waals surface area contributed by atoms with E-state index in [4.69, 9.17) is 5.11 Å². The van der Waals surface area contributed by atoms with E-state index in [1.54, 1.807) is 0 Å². The number of hydrogen-bond donors (Lipinski definition) is 2. The third kappa shape index (κ3) is 2.45. The van der Waals surface area contributed by atoms with Gasteiger partial charge in [0.25, 0.3) is 16.4 Å². The Morgan fingerprint density at radius 2 is 2.06 bits per heavy atom. The van der Waals surface area contributed by atoms with Crippen LogP contribution in [0, 0.1) is 10.1 Å². The van der Waals surface area contributed by atoms with Crippen LogP contribution in [0.25, 0.3) is 0 Å². The summed E-state index contributed by atoms with van der Waals surface area (Å²) in [6.07, 6.45) is -3.16. The van der Waals surface area contributed by atoms with Gasteiger partial charge in [-0.05, 0) is 0 Å². The highest BCUT2D eigenvalue weighted by atomic mass is 32.2. The molecule has 11 heteroatoms. The number of aromatic nitrogens is 1. The Morgan fingerprint density at radius 1 is 1.53 bits per heavy atom. The molecule has 0 aliphatic heterocycles. The smallest absolute Gasteiger partial charge is 0.324 e. The molecule has 0 aromatic carbocycles. The molecule has 0 aliphatic carbocycles. The lowest BCUT2D eigenvalue weighted by atomic mass is 10.2. The van der Waals surface area contributed by atoms with E-state index in [1.807, 2.05) is 0 Å². The zero-order valence-corrected chi connectivity index (χ0v) is 8.69. The lowest BCUT2D eigenvalue weighted by Gasteiger charge is -2.07. The molecule has 1 rings (SSSR count). The Kier molecular flexibility index (Phi) is 3.24. The summed E-state index contributed by atoms with van der Waals surface area (Å²) in [6, 6.07) is 0. The van der Waals surface area contributed by atoms with Crippen molar-refractivity contribution in [2.75, 3.05) is 0 Å². The fourth-order valence-electron chi connectivity index (χ4n) is 1.11. The van der Waals surface area contributed by atoms with Crippen molar-refractivity contribution in [3.8, 4) is 5.75 Å². The van der Waals surface area contributed by atoms with E-state index in [9.17, 15) is 27.3 Å². The van der Waals surface area contributed by atoms with Crippen molar-refractivity contribution in [1.29, 1.82) is 0 Å². The van der Waals surface area contributed by atoms with Crippen molar-refractivity contribution in [2.45, 2.75) is 11.5 Å². The third-order valence-electron chi connectivity index (χ3n) is 1.70. The molecule has 0 saturated heterocycles. The van der Waals surface area contributed by atoms with Crippen LogP contribution < -0.4 is 5.14 Å². The van der Waals surface area contributed by atoms with E-state index in [0.717, 1.165) is 0 Å². The maximum Gasteiger partial charge on any atom is 0.324 e. The van der Waals surface area contributed by atoms with Gasteiger partial charge < -0.3 is 5.11 Å². The second-order valence-corrected chi connectivity index (χ2v) is 4.29. The summed E-state index contributed by atoms with van der Waals surface area (Å²) in [7, 11) is -4.66. The summed E-state index contributed by atoms with van der Waals surface area (Å²) >= 11 is 0. The largest absolute Gasteiger partial charge is 0.501 e. The van der Waals surface area contributed by atoms with Gasteiger partial charge in [0.15, 0.2) is 5.03 Å². The molecule has 0 bridgehead atoms. The van der Waals surface area contributed by atoms with E-state index in [2.05, 4.69) is 10.1 Å². The first-order valence-corrected chi connectivity index (χ1v) is 5.38. The Bertz CT molecular complexity index is 573. The van der Waals surface area contributed by atoms with E-state index in [-0.39, 0.29) is 0 Å². The van der Waals surface area contributed by atoms with Crippen LogP contribution in [0.2, 0.25) is 0 Å². The lowest BCUT2D eigenvalue weighted by Crippen LogP contribution is -2.17. The number of hydrogen-bond acceptors (Lipinski definition) is 6. The maximum atomic E-state index is 12.6. The van der Waals surface area contributed by atoms with E-state index >= 15 is 0 Å². The van der Waals surface area contributed by atoms with E-state index < -0.39 is 43.4 Å². The predicted octanol–water partition coefficient (Wildman–Crippen LogP) is 0.280. The highest BCUT2D eigenvalue weighted by Gasteiger charge is 2.34. The number of primary sulfonamides is 1. The minimum Gasteiger partial charge on any atom is -0.501 e. The molecule has 0 atom stereocenters. The minimum atomic E-state index is -4.66. The molecule has 0 aliphatic rings. The lowest BCUT2D eigenvalue weighted by molar-refractivity contribution is -0.387. The molecular weight excluding hydrogens is 264 g/mol. The molecule has 0 spiro atoms. The van der Waals surface area contributed by atoms with Crippen LogP contribution in [-0.4, -0.2) is 23.4 Å². The standard InChI is InChI=1S/C6H5F2N3O5S/c7-5(8)3-4(11(13)14)2(12)1-10-6(3)17(9,15)16/h1,5,12H,(H2,9,15,16). The predicted molar refractivity (Wildman–Crippen MR) is 48.9 cm³/mol. The topological polar surface area (TPSA) is 136 Å². The summed E-state index contributed by atoms with van der Waals surface area (Å²) in [6.45, 7) is 0. The highest BCUT2D eigenvalue weighted by molar-refractivity contribution is 7.89. The fraction of sp³-hybridized carbons (Fsp3) is 0.167. The van der Waals surface area contributed by atoms with Gasteiger partial charge in [0.1, 0.15) is 5.56 Å². The van der Waals surface area contributed by atoms with Gasteiger partial charge >= 0.3 is 5.69 Å². The zero-order chi connectivity index (χ0) is 13.4. The van der Waals surface area contributed by atoms with Crippen LogP contribution in [0.1, 0.15) is 12.0 Å². The van der Waals surface area contributed by atoms with Crippen molar-refractivity contribution in [1.82, 2.24) is 4.98 Å². The van der Waals surface area contributed by atoms with Crippen molar-refractivity contribution in [2.24, 2.45) is 5.14 Å². The third-order valence-corrected chi connectivity index (χ3v) is 2.57. The molecule has 0 unspecified atom stereocenters. The average molecular weight is 269 g/mol. The van der Waals surface area contributed by atoms with Gasteiger partial charge in [-0.15, -0.1) is 0 Å². The fourth-order valence-corrected chi connectivity index (χ4v) is 1.80. The van der Waals surface area contributed by atoms with Crippen molar-refractivity contribution in [3.05, 3.63) is 21.9 Å². The Morgan fingerprint density at radius 3 is 2.41 bits per heavy atom. The number of halogens is 2. The van der Waals surface area contributed by atoms with Crippen molar-refractivity contribution >= 4 is 15.7 Å². The summed E-state index contributed by atoms with van der Waals surface area (Å²) < 4.78 is 47.0. The normalized spacial score (nSPS) is 11.8. The van der Waals surface area contributed by atoms with Crippen molar-refractivity contribution < 1.29 is 27.2 Å². The number of nitro groups is 1. The molecule has 0 fully saturated rings. The van der Waals surface area contributed by atoms with E-state index in [0.29, 0.717) is 6.20 Å². The van der Waals surface area contributed by atoms with Crippen LogP contribution >= 0.6 is 0 Å². The molecule has 1 heterocycles. The Labute approximate surface area is 92.9 Å². The number of aromatic hydroxyl groups is 1. The summed E-state index contributed by atoms with van der Waals surface area (Å²) in [5.41, 5.74) is -2.96. The first-order valence-electron chi connectivity index (χ1n) is 3.83. The van der Waals surface area contributed by atoms with Gasteiger partial charge in [-0.2, -0.15) is 0 Å². The van der Waals surface area contributed by atoms with Crippen LogP contribution in [0.3, 0.4) is 0 Å². The summed E-state index contributed by atoms with van der Waals surface area (Å²) in [5.74, 6) is -1.17. The zero-order valence-electron chi connectivity index (χ0n) is 7.87. The van der Waals surface area contributed by atoms with Gasteiger partial charge in [0, 0.05) is 0 Å². The average Bonchev–Trinajstić information content (AvgIpc) is 2.14. The Hall–Kier alpha value is -1.88. The number of pyridine rings is 1. The molecule has 3 N–H and O–H groups in total. The van der Waals surface area contributed by atoms with Gasteiger partial charge in [0.05, 0.1) is 11.1 Å². The first-order chi connectivity index (χ1) is 7.66. The van der Waals surface area contributed by atoms with Gasteiger partial charge in [-0.25, -0.2) is 27.3 Å². The highest BCUT2D eigenvalue weighted by Crippen LogP contribution is 2.38. The molecule has 0 radical (unpaired) electrons. The molecular formula is C6H5F2N3O5S. The van der Waals surface area contributed by atoms with Crippen LogP contribution in [0.15, 0.2) is 11.2 Å². The quantitative estimate of drug-likeness (QED) is 0.597. The van der Waals surface area contributed by atoms with Crippen LogP contribution in [-0.2, 0) is 10.0 Å². The van der Waals surface area contributed by atoms with Gasteiger partial charge in [-0.1, -0.05) is 0 Å². The molecule has 17 heavy (non-hydrogen) atoms. The second kappa shape index (κ2) is 4.18. The summed E-state index contributed by atoms with van der Waals surface area (Å²) in [4.78, 5) is 12.1. The van der Waals surface area contributed by atoms with E-state index in [1.165, 1.54) is 0 Å². The van der Waals surface area contributed by atoms with Crippen LogP contribution in [0.5, 0.6) is 5.75 Å². The molecule has 0 amide bonds. The monoisotopic (exact) mass is 269 g/mol. The number of rotatable bonds is 3. The molecule has 94 valence electrons. The number of nitrogens with two attached hydrogens (primary N) is 1. The van der Waals surface area contributed by atoms with Crippen LogP contribution in [0.4, 0.5) is 14.5 Å². The van der Waals surface area contributed by atoms with Crippen molar-refractivity contribution in [3.63, 3.8) is 0 Å². The second-order valence-electron chi connectivity index (χ2n) is 2.81. The maximum absolute atomic E-state index is 12.6.